The largest absolute Gasteiger partial charge is 0.381 e. The van der Waals surface area contributed by atoms with Crippen molar-refractivity contribution in [1.82, 2.24) is 0 Å². The van der Waals surface area contributed by atoms with Crippen LogP contribution in [0.3, 0.4) is 0 Å². The summed E-state index contributed by atoms with van der Waals surface area (Å²) >= 11 is 5.46. The fraction of sp³-hybridized carbons (Fsp3) is 0.533. The minimum atomic E-state index is 0.0689. The number of anilines is 1. The van der Waals surface area contributed by atoms with Crippen LogP contribution < -0.4 is 5.32 Å². The van der Waals surface area contributed by atoms with Gasteiger partial charge < -0.3 is 10.1 Å². The van der Waals surface area contributed by atoms with Gasteiger partial charge in [-0.2, -0.15) is 17.0 Å². The third kappa shape index (κ3) is 2.98. The molecular formula is C15H17BrN2OS. The number of nitrogens with zero attached hydrogens (tertiary/aromatic N) is 1. The second kappa shape index (κ2) is 5.97. The van der Waals surface area contributed by atoms with Gasteiger partial charge in [-0.15, -0.1) is 0 Å². The molecule has 0 amide bonds. The Labute approximate surface area is 132 Å². The molecule has 2 aliphatic heterocycles. The van der Waals surface area contributed by atoms with Crippen molar-refractivity contribution in [3.05, 3.63) is 28.2 Å². The van der Waals surface area contributed by atoms with E-state index >= 15 is 0 Å². The molecule has 2 aliphatic rings. The Morgan fingerprint density at radius 1 is 1.50 bits per heavy atom. The average Bonchev–Trinajstić information content (AvgIpc) is 2.87. The third-order valence-electron chi connectivity index (χ3n) is 4.02. The number of halogens is 1. The number of thioether (sulfide) groups is 1. The van der Waals surface area contributed by atoms with E-state index < -0.39 is 0 Å². The van der Waals surface area contributed by atoms with Gasteiger partial charge in [-0.3, -0.25) is 0 Å². The molecule has 2 atom stereocenters. The van der Waals surface area contributed by atoms with Crippen LogP contribution in [0.4, 0.5) is 5.69 Å². The first kappa shape index (κ1) is 14.2. The van der Waals surface area contributed by atoms with Crippen LogP contribution in [-0.2, 0) is 4.74 Å². The summed E-state index contributed by atoms with van der Waals surface area (Å²) in [6.07, 6.45) is 3.20. The molecule has 106 valence electrons. The van der Waals surface area contributed by atoms with Gasteiger partial charge in [0.25, 0.3) is 0 Å². The highest BCUT2D eigenvalue weighted by Gasteiger charge is 2.40. The van der Waals surface area contributed by atoms with Gasteiger partial charge in [-0.05, 0) is 43.2 Å². The van der Waals surface area contributed by atoms with Crippen LogP contribution in [0.5, 0.6) is 0 Å². The van der Waals surface area contributed by atoms with E-state index in [2.05, 4.69) is 27.3 Å². The number of nitrogens with one attached hydrogen (secondary N) is 1. The Bertz CT molecular complexity index is 537. The quantitative estimate of drug-likeness (QED) is 0.879. The summed E-state index contributed by atoms with van der Waals surface area (Å²) in [6, 6.07) is 8.40. The molecule has 1 N–H and O–H groups in total. The molecule has 0 bridgehead atoms. The highest BCUT2D eigenvalue weighted by Crippen LogP contribution is 2.39. The SMILES string of the molecule is N#Cc1ccc(Br)cc1NC1CCOC2(CCSC2)C1. The second-order valence-corrected chi connectivity index (χ2v) is 7.49. The lowest BCUT2D eigenvalue weighted by atomic mass is 9.89. The number of rotatable bonds is 2. The van der Waals surface area contributed by atoms with E-state index in [9.17, 15) is 5.26 Å². The number of ether oxygens (including phenoxy) is 1. The molecule has 2 heterocycles. The highest BCUT2D eigenvalue weighted by molar-refractivity contribution is 9.10. The molecule has 20 heavy (non-hydrogen) atoms. The van der Waals surface area contributed by atoms with Crippen LogP contribution in [0.1, 0.15) is 24.8 Å². The Morgan fingerprint density at radius 2 is 2.40 bits per heavy atom. The average molecular weight is 353 g/mol. The summed E-state index contributed by atoms with van der Waals surface area (Å²) in [7, 11) is 0. The van der Waals surface area contributed by atoms with Gasteiger partial charge in [-0.1, -0.05) is 15.9 Å². The number of hydrogen-bond donors (Lipinski definition) is 1. The lowest BCUT2D eigenvalue weighted by Gasteiger charge is -2.38. The second-order valence-electron chi connectivity index (χ2n) is 5.47. The Hall–Kier alpha value is -0.700. The van der Waals surface area contributed by atoms with Crippen LogP contribution in [-0.4, -0.2) is 29.8 Å². The zero-order valence-corrected chi connectivity index (χ0v) is 13.6. The van der Waals surface area contributed by atoms with Gasteiger partial charge >= 0.3 is 0 Å². The smallest absolute Gasteiger partial charge is 0.101 e. The summed E-state index contributed by atoms with van der Waals surface area (Å²) in [6.45, 7) is 0.814. The monoisotopic (exact) mass is 352 g/mol. The molecule has 0 radical (unpaired) electrons. The zero-order valence-electron chi connectivity index (χ0n) is 11.2. The fourth-order valence-corrected chi connectivity index (χ4v) is 4.71. The topological polar surface area (TPSA) is 45.0 Å². The fourth-order valence-electron chi connectivity index (χ4n) is 2.97. The van der Waals surface area contributed by atoms with E-state index in [0.29, 0.717) is 11.6 Å². The molecule has 0 aliphatic carbocycles. The van der Waals surface area contributed by atoms with Gasteiger partial charge in [0.15, 0.2) is 0 Å². The Balaban J connectivity index is 1.74. The van der Waals surface area contributed by atoms with Gasteiger partial charge in [0.05, 0.1) is 16.9 Å². The maximum Gasteiger partial charge on any atom is 0.101 e. The van der Waals surface area contributed by atoms with Crippen molar-refractivity contribution in [3.8, 4) is 6.07 Å². The first-order valence-corrected chi connectivity index (χ1v) is 8.83. The molecule has 1 spiro atoms. The first-order valence-electron chi connectivity index (χ1n) is 6.89. The van der Waals surface area contributed by atoms with Crippen molar-refractivity contribution in [2.24, 2.45) is 0 Å². The zero-order chi connectivity index (χ0) is 14.0. The van der Waals surface area contributed by atoms with E-state index in [0.717, 1.165) is 41.8 Å². The molecular weight excluding hydrogens is 336 g/mol. The van der Waals surface area contributed by atoms with Crippen LogP contribution in [0, 0.1) is 11.3 Å². The van der Waals surface area contributed by atoms with Gasteiger partial charge in [0.1, 0.15) is 6.07 Å². The normalized spacial score (nSPS) is 29.3. The Kier molecular flexibility index (Phi) is 4.25. The number of hydrogen-bond acceptors (Lipinski definition) is 4. The first-order chi connectivity index (χ1) is 9.71. The molecule has 0 aromatic heterocycles. The van der Waals surface area contributed by atoms with Crippen LogP contribution >= 0.6 is 27.7 Å². The minimum Gasteiger partial charge on any atom is -0.381 e. The van der Waals surface area contributed by atoms with Crippen molar-refractivity contribution in [2.75, 3.05) is 23.4 Å². The van der Waals surface area contributed by atoms with Crippen molar-refractivity contribution in [2.45, 2.75) is 30.9 Å². The molecule has 2 saturated heterocycles. The summed E-state index contributed by atoms with van der Waals surface area (Å²) in [5, 5.41) is 12.8. The third-order valence-corrected chi connectivity index (χ3v) is 5.74. The molecule has 3 rings (SSSR count). The maximum absolute atomic E-state index is 9.21. The summed E-state index contributed by atoms with van der Waals surface area (Å²) < 4.78 is 7.04. The number of nitriles is 1. The lowest BCUT2D eigenvalue weighted by molar-refractivity contribution is -0.0628. The van der Waals surface area contributed by atoms with E-state index in [1.54, 1.807) is 0 Å². The molecule has 3 nitrogen and oxygen atoms in total. The predicted octanol–water partition coefficient (Wildman–Crippen LogP) is 3.79. The van der Waals surface area contributed by atoms with Crippen LogP contribution in [0.15, 0.2) is 22.7 Å². The minimum absolute atomic E-state index is 0.0689. The molecule has 2 fully saturated rings. The molecule has 5 heteroatoms. The predicted molar refractivity (Wildman–Crippen MR) is 86.1 cm³/mol. The van der Waals surface area contributed by atoms with Crippen LogP contribution in [0.25, 0.3) is 0 Å². The van der Waals surface area contributed by atoms with E-state index in [4.69, 9.17) is 4.74 Å². The van der Waals surface area contributed by atoms with Gasteiger partial charge in [-0.25, -0.2) is 0 Å². The highest BCUT2D eigenvalue weighted by atomic mass is 79.9. The summed E-state index contributed by atoms with van der Waals surface area (Å²) in [5.41, 5.74) is 1.70. The summed E-state index contributed by atoms with van der Waals surface area (Å²) in [5.74, 6) is 2.31. The van der Waals surface area contributed by atoms with Crippen molar-refractivity contribution < 1.29 is 4.74 Å². The summed E-state index contributed by atoms with van der Waals surface area (Å²) in [4.78, 5) is 0. The maximum atomic E-state index is 9.21. The molecule has 1 aromatic rings. The van der Waals surface area contributed by atoms with Gasteiger partial charge in [0.2, 0.25) is 0 Å². The van der Waals surface area contributed by atoms with Gasteiger partial charge in [0, 0.05) is 22.9 Å². The van der Waals surface area contributed by atoms with Crippen molar-refractivity contribution in [3.63, 3.8) is 0 Å². The molecule has 1 aromatic carbocycles. The molecule has 0 saturated carbocycles. The standard InChI is InChI=1S/C15H17BrN2OS/c16-12-2-1-11(9-17)14(7-12)18-13-3-5-19-15(8-13)4-6-20-10-15/h1-2,7,13,18H,3-6,8,10H2. The lowest BCUT2D eigenvalue weighted by Crippen LogP contribution is -2.44. The van der Waals surface area contributed by atoms with Crippen molar-refractivity contribution >= 4 is 33.4 Å². The van der Waals surface area contributed by atoms with E-state index in [-0.39, 0.29) is 5.60 Å². The van der Waals surface area contributed by atoms with E-state index in [1.807, 2.05) is 30.0 Å². The van der Waals surface area contributed by atoms with E-state index in [1.165, 1.54) is 5.75 Å². The number of benzene rings is 1. The van der Waals surface area contributed by atoms with Crippen LogP contribution in [0.2, 0.25) is 0 Å². The molecule has 2 unspecified atom stereocenters. The Morgan fingerprint density at radius 3 is 3.15 bits per heavy atom. The van der Waals surface area contributed by atoms with Crippen molar-refractivity contribution in [1.29, 1.82) is 5.26 Å².